The van der Waals surface area contributed by atoms with E-state index in [0.717, 1.165) is 11.8 Å². The van der Waals surface area contributed by atoms with Gasteiger partial charge in [-0.25, -0.2) is 0 Å². The lowest BCUT2D eigenvalue weighted by Gasteiger charge is -1.86. The summed E-state index contributed by atoms with van der Waals surface area (Å²) in [6.45, 7) is 1.93. The molecule has 2 nitrogen and oxygen atoms in total. The van der Waals surface area contributed by atoms with Crippen LogP contribution in [0.4, 0.5) is 0 Å². The first-order valence-electron chi connectivity index (χ1n) is 4.13. The molecule has 0 aliphatic rings. The molecule has 0 atom stereocenters. The van der Waals surface area contributed by atoms with Crippen LogP contribution in [0.1, 0.15) is 12.5 Å². The number of allylic oxidation sites excluding steroid dienone is 1. The summed E-state index contributed by atoms with van der Waals surface area (Å²) in [5, 5.41) is 7.57. The third kappa shape index (κ3) is 6.97. The predicted molar refractivity (Wildman–Crippen MR) is 54.3 cm³/mol. The van der Waals surface area contributed by atoms with Crippen LogP contribution in [0.2, 0.25) is 0 Å². The molecule has 1 aromatic carbocycles. The molecule has 0 aliphatic carbocycles. The Hall–Kier alpha value is -1.41. The van der Waals surface area contributed by atoms with Gasteiger partial charge in [-0.05, 0) is 18.6 Å². The van der Waals surface area contributed by atoms with Gasteiger partial charge in [0.2, 0.25) is 0 Å². The van der Waals surface area contributed by atoms with Crippen LogP contribution in [0.3, 0.4) is 0 Å². The zero-order chi connectivity index (χ0) is 9.94. The van der Waals surface area contributed by atoms with E-state index >= 15 is 0 Å². The van der Waals surface area contributed by atoms with Gasteiger partial charge in [0, 0.05) is 6.61 Å². The molecule has 0 saturated carbocycles. The molecule has 0 amide bonds. The molecule has 1 rings (SSSR count). The average molecular weight is 178 g/mol. The summed E-state index contributed by atoms with van der Waals surface area (Å²) in [5.41, 5.74) is 1.05. The highest BCUT2D eigenvalue weighted by molar-refractivity contribution is 5.73. The van der Waals surface area contributed by atoms with Crippen LogP contribution in [0.25, 0.3) is 6.08 Å². The zero-order valence-electron chi connectivity index (χ0n) is 7.68. The van der Waals surface area contributed by atoms with Gasteiger partial charge in [0.15, 0.2) is 0 Å². The lowest BCUT2D eigenvalue weighted by atomic mass is 10.2. The topological polar surface area (TPSA) is 37.3 Å². The monoisotopic (exact) mass is 178 g/mol. The maximum atomic E-state index is 9.89. The maximum Gasteiger partial charge on any atom is 0.142 e. The third-order valence-electron chi connectivity index (χ3n) is 1.17. The smallest absolute Gasteiger partial charge is 0.142 e. The Kier molecular flexibility index (Phi) is 7.74. The summed E-state index contributed by atoms with van der Waals surface area (Å²) in [4.78, 5) is 9.89. The average Bonchev–Trinajstić information content (AvgIpc) is 2.18. The number of hydrogen-bond donors (Lipinski definition) is 1. The van der Waals surface area contributed by atoms with E-state index in [2.05, 4.69) is 0 Å². The van der Waals surface area contributed by atoms with E-state index in [1.54, 1.807) is 13.0 Å². The Morgan fingerprint density at radius 1 is 1.31 bits per heavy atom. The molecule has 0 fully saturated rings. The zero-order valence-corrected chi connectivity index (χ0v) is 7.68. The van der Waals surface area contributed by atoms with Gasteiger partial charge < -0.3 is 5.11 Å². The molecule has 2 heteroatoms. The fourth-order valence-electron chi connectivity index (χ4n) is 0.715. The van der Waals surface area contributed by atoms with Crippen molar-refractivity contribution in [1.82, 2.24) is 0 Å². The maximum absolute atomic E-state index is 9.89. The number of carbonyl (C=O) groups excluding carboxylic acids is 1. The summed E-state index contributed by atoms with van der Waals surface area (Å²) in [6.07, 6.45) is 4.02. The third-order valence-corrected chi connectivity index (χ3v) is 1.17. The molecule has 0 spiro atoms. The first kappa shape index (κ1) is 11.6. The number of aldehydes is 1. The van der Waals surface area contributed by atoms with Crippen molar-refractivity contribution in [3.05, 3.63) is 42.0 Å². The van der Waals surface area contributed by atoms with Gasteiger partial charge in [-0.1, -0.05) is 36.4 Å². The van der Waals surface area contributed by atoms with Crippen molar-refractivity contribution in [1.29, 1.82) is 0 Å². The molecule has 0 aliphatic heterocycles. The molecule has 70 valence electrons. The minimum absolute atomic E-state index is 0.250. The van der Waals surface area contributed by atoms with Gasteiger partial charge in [0.05, 0.1) is 0 Å². The summed E-state index contributed by atoms with van der Waals surface area (Å²) >= 11 is 0. The molecule has 0 aromatic heterocycles. The van der Waals surface area contributed by atoms with Crippen LogP contribution >= 0.6 is 0 Å². The van der Waals surface area contributed by atoms with E-state index in [4.69, 9.17) is 5.11 Å². The van der Waals surface area contributed by atoms with Crippen molar-refractivity contribution in [3.8, 4) is 0 Å². The van der Waals surface area contributed by atoms with Crippen molar-refractivity contribution in [2.45, 2.75) is 6.92 Å². The predicted octanol–water partition coefficient (Wildman–Crippen LogP) is 1.90. The normalized spacial score (nSPS) is 9.08. The highest BCUT2D eigenvalue weighted by Gasteiger charge is 1.79. The Bertz CT molecular complexity index is 240. The van der Waals surface area contributed by atoms with E-state index in [1.165, 1.54) is 6.08 Å². The number of aliphatic hydroxyl groups excluding tert-OH is 1. The number of benzene rings is 1. The molecule has 0 bridgehead atoms. The largest absolute Gasteiger partial charge is 0.397 e. The van der Waals surface area contributed by atoms with Crippen molar-refractivity contribution >= 4 is 12.4 Å². The van der Waals surface area contributed by atoms with Gasteiger partial charge >= 0.3 is 0 Å². The second-order valence-corrected chi connectivity index (χ2v) is 2.22. The van der Waals surface area contributed by atoms with Crippen LogP contribution in [0, 0.1) is 0 Å². The molecule has 0 saturated heterocycles. The number of rotatable bonds is 2. The Labute approximate surface area is 78.5 Å². The van der Waals surface area contributed by atoms with Crippen LogP contribution in [0.5, 0.6) is 0 Å². The summed E-state index contributed by atoms with van der Waals surface area (Å²) < 4.78 is 0. The minimum atomic E-state index is 0.250. The minimum Gasteiger partial charge on any atom is -0.397 e. The SMILES string of the molecule is CCO.O=CC=Cc1ccccc1. The van der Waals surface area contributed by atoms with E-state index < -0.39 is 0 Å². The Morgan fingerprint density at radius 2 is 1.85 bits per heavy atom. The molecule has 0 radical (unpaired) electrons. The van der Waals surface area contributed by atoms with Crippen LogP contribution in [0.15, 0.2) is 36.4 Å². The molecule has 13 heavy (non-hydrogen) atoms. The first-order chi connectivity index (χ1) is 6.35. The fourth-order valence-corrected chi connectivity index (χ4v) is 0.715. The molecular formula is C11H14O2. The van der Waals surface area contributed by atoms with Crippen molar-refractivity contribution < 1.29 is 9.90 Å². The van der Waals surface area contributed by atoms with Gasteiger partial charge in [0.25, 0.3) is 0 Å². The van der Waals surface area contributed by atoms with Gasteiger partial charge in [-0.2, -0.15) is 0 Å². The molecule has 0 heterocycles. The van der Waals surface area contributed by atoms with E-state index in [1.807, 2.05) is 30.3 Å². The summed E-state index contributed by atoms with van der Waals surface area (Å²) in [7, 11) is 0. The molecule has 0 unspecified atom stereocenters. The lowest BCUT2D eigenvalue weighted by Crippen LogP contribution is -1.67. The summed E-state index contributed by atoms with van der Waals surface area (Å²) in [5.74, 6) is 0. The number of aliphatic hydroxyl groups is 1. The van der Waals surface area contributed by atoms with Gasteiger partial charge in [-0.3, -0.25) is 4.79 Å². The van der Waals surface area contributed by atoms with Crippen molar-refractivity contribution in [3.63, 3.8) is 0 Å². The lowest BCUT2D eigenvalue weighted by molar-refractivity contribution is -0.104. The van der Waals surface area contributed by atoms with Crippen molar-refractivity contribution in [2.75, 3.05) is 6.61 Å². The number of hydrogen-bond acceptors (Lipinski definition) is 2. The van der Waals surface area contributed by atoms with Crippen molar-refractivity contribution in [2.24, 2.45) is 0 Å². The Morgan fingerprint density at radius 3 is 2.31 bits per heavy atom. The molecular weight excluding hydrogens is 164 g/mol. The standard InChI is InChI=1S/C9H8O.C2H6O/c10-8-4-7-9-5-2-1-3-6-9;1-2-3/h1-8H;3H,2H2,1H3. The van der Waals surface area contributed by atoms with Gasteiger partial charge in [0.1, 0.15) is 6.29 Å². The molecule has 1 aromatic rings. The highest BCUT2D eigenvalue weighted by Crippen LogP contribution is 1.99. The highest BCUT2D eigenvalue weighted by atomic mass is 16.2. The van der Waals surface area contributed by atoms with E-state index in [0.29, 0.717) is 0 Å². The first-order valence-corrected chi connectivity index (χ1v) is 4.13. The van der Waals surface area contributed by atoms with Crippen LogP contribution in [-0.2, 0) is 4.79 Å². The molecule has 1 N–H and O–H groups in total. The quantitative estimate of drug-likeness (QED) is 0.554. The van der Waals surface area contributed by atoms with E-state index in [9.17, 15) is 4.79 Å². The fraction of sp³-hybridized carbons (Fsp3) is 0.182. The van der Waals surface area contributed by atoms with Crippen LogP contribution in [-0.4, -0.2) is 18.0 Å². The Balaban J connectivity index is 0.000000424. The second kappa shape index (κ2) is 8.68. The number of carbonyl (C=O) groups is 1. The van der Waals surface area contributed by atoms with E-state index in [-0.39, 0.29) is 6.61 Å². The summed E-state index contributed by atoms with van der Waals surface area (Å²) in [6, 6.07) is 9.70. The second-order valence-electron chi connectivity index (χ2n) is 2.22. The van der Waals surface area contributed by atoms with Crippen LogP contribution < -0.4 is 0 Å². The van der Waals surface area contributed by atoms with Gasteiger partial charge in [-0.15, -0.1) is 0 Å².